The zero-order valence-corrected chi connectivity index (χ0v) is 18.4. The first kappa shape index (κ1) is 21.2. The Kier molecular flexibility index (Phi) is 5.96. The van der Waals surface area contributed by atoms with Gasteiger partial charge in [0.2, 0.25) is 5.91 Å². The molecule has 0 atom stereocenters. The van der Waals surface area contributed by atoms with Crippen molar-refractivity contribution in [1.29, 1.82) is 5.41 Å². The quantitative estimate of drug-likeness (QED) is 0.202. The first-order valence-corrected chi connectivity index (χ1v) is 10.4. The lowest BCUT2D eigenvalue weighted by Gasteiger charge is -2.15. The zero-order valence-electron chi connectivity index (χ0n) is 16.8. The largest absolute Gasteiger partial charge is 0.362 e. The maximum Gasteiger partial charge on any atom is 0.255 e. The summed E-state index contributed by atoms with van der Waals surface area (Å²) in [5.41, 5.74) is 3.13. The van der Waals surface area contributed by atoms with Crippen LogP contribution in [0.3, 0.4) is 0 Å². The van der Waals surface area contributed by atoms with Crippen molar-refractivity contribution in [3.63, 3.8) is 0 Å². The molecule has 0 fully saturated rings. The maximum atomic E-state index is 13.0. The zero-order chi connectivity index (χ0) is 22.7. The minimum absolute atomic E-state index is 0.213. The number of benzene rings is 2. The molecule has 0 saturated heterocycles. The molecule has 0 unspecified atom stereocenters. The van der Waals surface area contributed by atoms with Crippen LogP contribution in [0.4, 0.5) is 11.4 Å². The SMILES string of the molecule is C=CC(=O)Nc1cc(-n2c(=O)ccc3cnc4ccc(N/C=C\C=N)cc4c32)ccc1Br. The average Bonchev–Trinajstić information content (AvgIpc) is 2.80. The summed E-state index contributed by atoms with van der Waals surface area (Å²) in [5.74, 6) is -0.350. The number of aromatic nitrogens is 2. The fraction of sp³-hybridized carbons (Fsp3) is 0. The number of nitrogens with zero attached hydrogens (tertiary/aromatic N) is 2. The minimum Gasteiger partial charge on any atom is -0.362 e. The average molecular weight is 488 g/mol. The molecule has 0 aliphatic carbocycles. The Morgan fingerprint density at radius 2 is 2.00 bits per heavy atom. The predicted molar refractivity (Wildman–Crippen MR) is 133 cm³/mol. The number of anilines is 2. The molecule has 4 rings (SSSR count). The number of carbonyl (C=O) groups excluding carboxylic acids is 1. The number of hydrogen-bond donors (Lipinski definition) is 3. The second-order valence-corrected chi connectivity index (χ2v) is 7.68. The van der Waals surface area contributed by atoms with E-state index in [2.05, 4.69) is 38.1 Å². The van der Waals surface area contributed by atoms with Gasteiger partial charge in [-0.15, -0.1) is 0 Å². The normalized spacial score (nSPS) is 11.0. The molecule has 4 aromatic rings. The van der Waals surface area contributed by atoms with Crippen molar-refractivity contribution in [2.24, 2.45) is 0 Å². The van der Waals surface area contributed by atoms with E-state index in [1.165, 1.54) is 18.4 Å². The third kappa shape index (κ3) is 4.08. The van der Waals surface area contributed by atoms with Crippen LogP contribution in [0.2, 0.25) is 0 Å². The molecule has 1 amide bonds. The molecular formula is C24H18BrN5O2. The molecule has 2 aromatic heterocycles. The van der Waals surface area contributed by atoms with Crippen molar-refractivity contribution >= 4 is 61.2 Å². The fourth-order valence-corrected chi connectivity index (χ4v) is 3.73. The topological polar surface area (TPSA) is 99.9 Å². The number of nitrogens with one attached hydrogen (secondary N) is 3. The molecule has 2 heterocycles. The van der Waals surface area contributed by atoms with Gasteiger partial charge in [0.25, 0.3) is 5.56 Å². The van der Waals surface area contributed by atoms with Crippen LogP contribution in [0.1, 0.15) is 0 Å². The first-order valence-electron chi connectivity index (χ1n) is 9.62. The molecule has 2 aromatic carbocycles. The summed E-state index contributed by atoms with van der Waals surface area (Å²) in [6.07, 6.45) is 7.32. The van der Waals surface area contributed by atoms with E-state index < -0.39 is 0 Å². The molecule has 0 spiro atoms. The number of carbonyl (C=O) groups is 1. The second-order valence-electron chi connectivity index (χ2n) is 6.83. The summed E-state index contributed by atoms with van der Waals surface area (Å²) in [6, 6.07) is 14.2. The Balaban J connectivity index is 1.98. The number of halogens is 1. The lowest BCUT2D eigenvalue weighted by molar-refractivity contribution is -0.111. The van der Waals surface area contributed by atoms with Crippen molar-refractivity contribution in [3.8, 4) is 5.69 Å². The number of hydrogen-bond acceptors (Lipinski definition) is 5. The van der Waals surface area contributed by atoms with Crippen LogP contribution in [0, 0.1) is 5.41 Å². The predicted octanol–water partition coefficient (Wildman–Crippen LogP) is 5.00. The van der Waals surface area contributed by atoms with Crippen LogP contribution in [0.5, 0.6) is 0 Å². The van der Waals surface area contributed by atoms with Crippen LogP contribution in [0.25, 0.3) is 27.5 Å². The van der Waals surface area contributed by atoms with Gasteiger partial charge in [0.1, 0.15) is 0 Å². The summed E-state index contributed by atoms with van der Waals surface area (Å²) >= 11 is 3.43. The van der Waals surface area contributed by atoms with Gasteiger partial charge in [-0.25, -0.2) is 0 Å². The third-order valence-corrected chi connectivity index (χ3v) is 5.50. The molecule has 7 nitrogen and oxygen atoms in total. The van der Waals surface area contributed by atoms with E-state index in [-0.39, 0.29) is 11.5 Å². The Hall–Kier alpha value is -4.04. The maximum absolute atomic E-state index is 13.0. The second kappa shape index (κ2) is 8.99. The van der Waals surface area contributed by atoms with E-state index in [1.54, 1.807) is 47.3 Å². The number of rotatable bonds is 6. The number of pyridine rings is 2. The molecular weight excluding hydrogens is 470 g/mol. The molecule has 0 aliphatic rings. The van der Waals surface area contributed by atoms with E-state index in [0.717, 1.165) is 22.0 Å². The van der Waals surface area contributed by atoms with Gasteiger partial charge in [-0.1, -0.05) is 6.58 Å². The monoisotopic (exact) mass is 487 g/mol. The van der Waals surface area contributed by atoms with Crippen molar-refractivity contribution in [3.05, 3.63) is 94.5 Å². The van der Waals surface area contributed by atoms with Crippen molar-refractivity contribution in [1.82, 2.24) is 9.55 Å². The molecule has 0 saturated carbocycles. The van der Waals surface area contributed by atoms with E-state index in [4.69, 9.17) is 5.41 Å². The molecule has 8 heteroatoms. The van der Waals surface area contributed by atoms with Crippen LogP contribution in [-0.4, -0.2) is 21.7 Å². The van der Waals surface area contributed by atoms with Gasteiger partial charge in [0.05, 0.1) is 22.4 Å². The molecule has 32 heavy (non-hydrogen) atoms. The van der Waals surface area contributed by atoms with Gasteiger partial charge in [-0.05, 0) is 70.5 Å². The van der Waals surface area contributed by atoms with Gasteiger partial charge in [0, 0.05) is 45.6 Å². The van der Waals surface area contributed by atoms with Gasteiger partial charge in [-0.3, -0.25) is 19.1 Å². The minimum atomic E-state index is -0.350. The molecule has 0 aliphatic heterocycles. The van der Waals surface area contributed by atoms with Crippen LogP contribution in [0.15, 0.2) is 88.9 Å². The Bertz CT molecular complexity index is 1470. The van der Waals surface area contributed by atoms with Gasteiger partial charge in [-0.2, -0.15) is 0 Å². The molecule has 0 radical (unpaired) electrons. The van der Waals surface area contributed by atoms with Gasteiger partial charge in [0.15, 0.2) is 0 Å². The molecule has 158 valence electrons. The summed E-state index contributed by atoms with van der Waals surface area (Å²) in [6.45, 7) is 3.48. The van der Waals surface area contributed by atoms with Crippen LogP contribution < -0.4 is 16.2 Å². The summed E-state index contributed by atoms with van der Waals surface area (Å²) in [5, 5.41) is 14.5. The van der Waals surface area contributed by atoms with E-state index >= 15 is 0 Å². The highest BCUT2D eigenvalue weighted by Crippen LogP contribution is 2.30. The van der Waals surface area contributed by atoms with Crippen LogP contribution in [-0.2, 0) is 4.79 Å². The standard InChI is InChI=1S/C24H18BrN5O2/c1-2-22(31)29-21-13-17(6-7-19(21)25)30-23(32)9-4-15-14-28-20-8-5-16(27-11-3-10-26)12-18(20)24(15)30/h2-14,26-27H,1H2,(H,29,31)/b11-3-,26-10?. The smallest absolute Gasteiger partial charge is 0.255 e. The van der Waals surface area contributed by atoms with E-state index in [0.29, 0.717) is 21.4 Å². The summed E-state index contributed by atoms with van der Waals surface area (Å²) < 4.78 is 2.28. The number of amides is 1. The number of fused-ring (bicyclic) bond motifs is 3. The Labute approximate surface area is 191 Å². The Morgan fingerprint density at radius 1 is 1.16 bits per heavy atom. The molecule has 3 N–H and O–H groups in total. The fourth-order valence-electron chi connectivity index (χ4n) is 3.38. The summed E-state index contributed by atoms with van der Waals surface area (Å²) in [7, 11) is 0. The highest BCUT2D eigenvalue weighted by atomic mass is 79.9. The van der Waals surface area contributed by atoms with Crippen molar-refractivity contribution in [2.75, 3.05) is 10.6 Å². The van der Waals surface area contributed by atoms with Crippen molar-refractivity contribution in [2.45, 2.75) is 0 Å². The summed E-state index contributed by atoms with van der Waals surface area (Å²) in [4.78, 5) is 29.4. The first-order chi connectivity index (χ1) is 15.5. The van der Waals surface area contributed by atoms with Gasteiger partial charge >= 0.3 is 0 Å². The Morgan fingerprint density at radius 3 is 2.78 bits per heavy atom. The highest BCUT2D eigenvalue weighted by molar-refractivity contribution is 9.10. The third-order valence-electron chi connectivity index (χ3n) is 4.81. The van der Waals surface area contributed by atoms with Gasteiger partial charge < -0.3 is 16.0 Å². The number of allylic oxidation sites excluding steroid dienone is 1. The molecule has 0 bridgehead atoms. The lowest BCUT2D eigenvalue weighted by atomic mass is 10.1. The lowest BCUT2D eigenvalue weighted by Crippen LogP contribution is -2.18. The van der Waals surface area contributed by atoms with E-state index in [1.807, 2.05) is 18.2 Å². The van der Waals surface area contributed by atoms with Crippen LogP contribution >= 0.6 is 15.9 Å². The highest BCUT2D eigenvalue weighted by Gasteiger charge is 2.13. The van der Waals surface area contributed by atoms with E-state index in [9.17, 15) is 9.59 Å². The van der Waals surface area contributed by atoms with Crippen molar-refractivity contribution < 1.29 is 4.79 Å².